The van der Waals surface area contributed by atoms with Crippen molar-refractivity contribution in [3.05, 3.63) is 29.8 Å². The maximum Gasteiger partial charge on any atom is 0.258 e. The minimum atomic E-state index is -0.760. The number of aliphatic hydroxyl groups is 1. The Bertz CT molecular complexity index is 399. The maximum absolute atomic E-state index is 13.5. The quantitative estimate of drug-likeness (QED) is 0.581. The predicted octanol–water partition coefficient (Wildman–Crippen LogP) is 2.24. The molecule has 0 radical (unpaired) electrons. The third-order valence-corrected chi connectivity index (χ3v) is 2.93. The van der Waals surface area contributed by atoms with Crippen molar-refractivity contribution < 1.29 is 14.3 Å². The summed E-state index contributed by atoms with van der Waals surface area (Å²) in [5.41, 5.74) is -0.0357. The molecule has 0 fully saturated rings. The van der Waals surface area contributed by atoms with Crippen LogP contribution in [-0.2, 0) is 0 Å². The monoisotopic (exact) mass is 268 g/mol. The van der Waals surface area contributed by atoms with Gasteiger partial charge in [0.05, 0.1) is 12.2 Å². The first-order valence-electron chi connectivity index (χ1n) is 6.71. The third kappa shape index (κ3) is 4.95. The summed E-state index contributed by atoms with van der Waals surface area (Å²) in [7, 11) is 0. The van der Waals surface area contributed by atoms with Gasteiger partial charge in [-0.05, 0) is 18.6 Å². The molecule has 0 aromatic carbocycles. The lowest BCUT2D eigenvalue weighted by molar-refractivity contribution is 0.0712. The van der Waals surface area contributed by atoms with E-state index >= 15 is 0 Å². The second-order valence-electron chi connectivity index (χ2n) is 4.42. The SMILES string of the molecule is CCCCCCN(CCO)C(=O)c1cccnc1F. The molecule has 1 aromatic rings. The Hall–Kier alpha value is -1.49. The van der Waals surface area contributed by atoms with Crippen LogP contribution in [0.15, 0.2) is 18.3 Å². The Labute approximate surface area is 113 Å². The van der Waals surface area contributed by atoms with E-state index in [1.54, 1.807) is 0 Å². The zero-order valence-corrected chi connectivity index (χ0v) is 11.3. The van der Waals surface area contributed by atoms with E-state index in [1.807, 2.05) is 0 Å². The van der Waals surface area contributed by atoms with Crippen LogP contribution in [0.3, 0.4) is 0 Å². The Morgan fingerprint density at radius 3 is 2.79 bits per heavy atom. The molecule has 0 saturated carbocycles. The Balaban J connectivity index is 2.64. The van der Waals surface area contributed by atoms with Gasteiger partial charge in [0.25, 0.3) is 5.91 Å². The Morgan fingerprint density at radius 2 is 2.16 bits per heavy atom. The molecule has 0 spiro atoms. The van der Waals surface area contributed by atoms with Crippen molar-refractivity contribution in [1.82, 2.24) is 9.88 Å². The van der Waals surface area contributed by atoms with Crippen molar-refractivity contribution in [1.29, 1.82) is 0 Å². The first kappa shape index (κ1) is 15.6. The number of nitrogens with zero attached hydrogens (tertiary/aromatic N) is 2. The van der Waals surface area contributed by atoms with Crippen LogP contribution >= 0.6 is 0 Å². The van der Waals surface area contributed by atoms with Gasteiger partial charge < -0.3 is 10.0 Å². The van der Waals surface area contributed by atoms with Gasteiger partial charge in [-0.3, -0.25) is 4.79 Å². The van der Waals surface area contributed by atoms with Gasteiger partial charge in [-0.25, -0.2) is 4.98 Å². The highest BCUT2D eigenvalue weighted by Gasteiger charge is 2.18. The molecule has 0 aliphatic carbocycles. The molecule has 0 aliphatic heterocycles. The van der Waals surface area contributed by atoms with E-state index < -0.39 is 11.9 Å². The fourth-order valence-corrected chi connectivity index (χ4v) is 1.88. The molecule has 19 heavy (non-hydrogen) atoms. The summed E-state index contributed by atoms with van der Waals surface area (Å²) >= 11 is 0. The molecule has 1 rings (SSSR count). The lowest BCUT2D eigenvalue weighted by Crippen LogP contribution is -2.35. The van der Waals surface area contributed by atoms with Crippen molar-refractivity contribution in [2.24, 2.45) is 0 Å². The Morgan fingerprint density at radius 1 is 1.37 bits per heavy atom. The van der Waals surface area contributed by atoms with Gasteiger partial charge in [-0.2, -0.15) is 4.39 Å². The normalized spacial score (nSPS) is 10.5. The summed E-state index contributed by atoms with van der Waals surface area (Å²) in [5.74, 6) is -1.17. The van der Waals surface area contributed by atoms with Gasteiger partial charge >= 0.3 is 0 Å². The van der Waals surface area contributed by atoms with Crippen LogP contribution in [-0.4, -0.2) is 40.6 Å². The van der Waals surface area contributed by atoms with Crippen LogP contribution in [0.1, 0.15) is 43.0 Å². The first-order valence-corrected chi connectivity index (χ1v) is 6.71. The number of rotatable bonds is 8. The lowest BCUT2D eigenvalue weighted by Gasteiger charge is -2.21. The number of carbonyl (C=O) groups excluding carboxylic acids is 1. The van der Waals surface area contributed by atoms with Gasteiger partial charge in [-0.1, -0.05) is 26.2 Å². The lowest BCUT2D eigenvalue weighted by atomic mass is 10.2. The largest absolute Gasteiger partial charge is 0.395 e. The minimum Gasteiger partial charge on any atom is -0.395 e. The minimum absolute atomic E-state index is 0.0357. The molecule has 1 amide bonds. The average Bonchev–Trinajstić information content (AvgIpc) is 2.42. The zero-order valence-electron chi connectivity index (χ0n) is 11.3. The number of aromatic nitrogens is 1. The number of hydrogen-bond acceptors (Lipinski definition) is 3. The molecule has 1 aromatic heterocycles. The van der Waals surface area contributed by atoms with Gasteiger partial charge in [0, 0.05) is 19.3 Å². The summed E-state index contributed by atoms with van der Waals surface area (Å²) in [6, 6.07) is 2.95. The van der Waals surface area contributed by atoms with Crippen LogP contribution in [0, 0.1) is 5.95 Å². The van der Waals surface area contributed by atoms with Gasteiger partial charge in [0.2, 0.25) is 5.95 Å². The summed E-state index contributed by atoms with van der Waals surface area (Å²) in [6.45, 7) is 2.75. The molecular formula is C14H21FN2O2. The van der Waals surface area contributed by atoms with Gasteiger partial charge in [-0.15, -0.1) is 0 Å². The molecule has 1 heterocycles. The second-order valence-corrected chi connectivity index (χ2v) is 4.42. The molecule has 0 aliphatic rings. The molecular weight excluding hydrogens is 247 g/mol. The van der Waals surface area contributed by atoms with Crippen molar-refractivity contribution in [2.45, 2.75) is 32.6 Å². The van der Waals surface area contributed by atoms with E-state index in [2.05, 4.69) is 11.9 Å². The molecule has 1 N–H and O–H groups in total. The number of hydrogen-bond donors (Lipinski definition) is 1. The Kier molecular flexibility index (Phi) is 7.03. The summed E-state index contributed by atoms with van der Waals surface area (Å²) in [6.07, 6.45) is 5.43. The average molecular weight is 268 g/mol. The second kappa shape index (κ2) is 8.58. The number of amides is 1. The first-order chi connectivity index (χ1) is 9.20. The van der Waals surface area contributed by atoms with Crippen LogP contribution < -0.4 is 0 Å². The summed E-state index contributed by atoms with van der Waals surface area (Å²) < 4.78 is 13.5. The zero-order chi connectivity index (χ0) is 14.1. The molecule has 0 saturated heterocycles. The summed E-state index contributed by atoms with van der Waals surface area (Å²) in [5, 5.41) is 9.00. The van der Waals surface area contributed by atoms with Crippen LogP contribution in [0.4, 0.5) is 4.39 Å². The van der Waals surface area contributed by atoms with E-state index in [4.69, 9.17) is 5.11 Å². The number of halogens is 1. The number of unbranched alkanes of at least 4 members (excludes halogenated alkanes) is 3. The van der Waals surface area contributed by atoms with Crippen molar-refractivity contribution in [3.63, 3.8) is 0 Å². The van der Waals surface area contributed by atoms with E-state index in [0.29, 0.717) is 6.54 Å². The number of carbonyl (C=O) groups is 1. The van der Waals surface area contributed by atoms with E-state index in [0.717, 1.165) is 25.7 Å². The predicted molar refractivity (Wildman–Crippen MR) is 71.3 cm³/mol. The fourth-order valence-electron chi connectivity index (χ4n) is 1.88. The third-order valence-electron chi connectivity index (χ3n) is 2.93. The van der Waals surface area contributed by atoms with E-state index in [9.17, 15) is 9.18 Å². The van der Waals surface area contributed by atoms with Crippen molar-refractivity contribution in [2.75, 3.05) is 19.7 Å². The molecule has 0 unspecified atom stereocenters. The number of pyridine rings is 1. The molecule has 0 bridgehead atoms. The van der Waals surface area contributed by atoms with Gasteiger partial charge in [0.15, 0.2) is 0 Å². The molecule has 106 valence electrons. The van der Waals surface area contributed by atoms with E-state index in [-0.39, 0.29) is 18.7 Å². The van der Waals surface area contributed by atoms with E-state index in [1.165, 1.54) is 23.2 Å². The number of aliphatic hydroxyl groups excluding tert-OH is 1. The molecule has 5 heteroatoms. The van der Waals surface area contributed by atoms with Crippen molar-refractivity contribution >= 4 is 5.91 Å². The van der Waals surface area contributed by atoms with Crippen molar-refractivity contribution in [3.8, 4) is 0 Å². The summed E-state index contributed by atoms with van der Waals surface area (Å²) in [4.78, 5) is 17.1. The topological polar surface area (TPSA) is 53.4 Å². The maximum atomic E-state index is 13.5. The fraction of sp³-hybridized carbons (Fsp3) is 0.571. The van der Waals surface area contributed by atoms with Crippen LogP contribution in [0.5, 0.6) is 0 Å². The molecule has 4 nitrogen and oxygen atoms in total. The standard InChI is InChI=1S/C14H21FN2O2/c1-2-3-4-5-9-17(10-11-18)14(19)12-7-6-8-16-13(12)15/h6-8,18H,2-5,9-11H2,1H3. The highest BCUT2D eigenvalue weighted by atomic mass is 19.1. The molecule has 0 atom stereocenters. The van der Waals surface area contributed by atoms with Crippen LogP contribution in [0.25, 0.3) is 0 Å². The van der Waals surface area contributed by atoms with Crippen LogP contribution in [0.2, 0.25) is 0 Å². The van der Waals surface area contributed by atoms with Gasteiger partial charge in [0.1, 0.15) is 0 Å². The highest BCUT2D eigenvalue weighted by Crippen LogP contribution is 2.09. The smallest absolute Gasteiger partial charge is 0.258 e. The highest BCUT2D eigenvalue weighted by molar-refractivity contribution is 5.94.